The van der Waals surface area contributed by atoms with E-state index < -0.39 is 0 Å². The topological polar surface area (TPSA) is 90.5 Å². The molecule has 170 valence electrons. The van der Waals surface area contributed by atoms with Crippen LogP contribution in [-0.2, 0) is 21.5 Å². The third-order valence-corrected chi connectivity index (χ3v) is 5.48. The highest BCUT2D eigenvalue weighted by atomic mass is 16.2. The smallest absolute Gasteiger partial charge is 0.251 e. The molecule has 1 heterocycles. The average molecular weight is 437 g/mol. The van der Waals surface area contributed by atoms with Crippen molar-refractivity contribution >= 4 is 23.4 Å². The number of amides is 3. The van der Waals surface area contributed by atoms with Crippen LogP contribution >= 0.6 is 0 Å². The summed E-state index contributed by atoms with van der Waals surface area (Å²) in [7, 11) is 0. The van der Waals surface area contributed by atoms with Crippen LogP contribution in [0.15, 0.2) is 48.5 Å². The second-order valence-corrected chi connectivity index (χ2v) is 9.05. The van der Waals surface area contributed by atoms with Crippen molar-refractivity contribution in [2.75, 3.05) is 31.1 Å². The fourth-order valence-corrected chi connectivity index (χ4v) is 3.49. The van der Waals surface area contributed by atoms with Crippen LogP contribution < -0.4 is 20.9 Å². The maximum atomic E-state index is 12.3. The van der Waals surface area contributed by atoms with Gasteiger partial charge in [0.05, 0.1) is 6.54 Å². The molecule has 0 saturated carbocycles. The van der Waals surface area contributed by atoms with Gasteiger partial charge in [-0.2, -0.15) is 0 Å². The lowest BCUT2D eigenvalue weighted by molar-refractivity contribution is -0.121. The van der Waals surface area contributed by atoms with Crippen molar-refractivity contribution in [3.8, 4) is 0 Å². The zero-order valence-electron chi connectivity index (χ0n) is 19.0. The first-order valence-corrected chi connectivity index (χ1v) is 11.0. The number of rotatable bonds is 7. The van der Waals surface area contributed by atoms with Crippen LogP contribution in [0.4, 0.5) is 5.69 Å². The van der Waals surface area contributed by atoms with Crippen molar-refractivity contribution in [3.05, 3.63) is 65.2 Å². The monoisotopic (exact) mass is 436 g/mol. The zero-order valence-corrected chi connectivity index (χ0v) is 19.0. The Labute approximate surface area is 189 Å². The summed E-state index contributed by atoms with van der Waals surface area (Å²) in [4.78, 5) is 38.0. The Balaban J connectivity index is 1.38. The van der Waals surface area contributed by atoms with Crippen molar-refractivity contribution in [2.24, 2.45) is 0 Å². The summed E-state index contributed by atoms with van der Waals surface area (Å²) in [5, 5.41) is 8.48. The fraction of sp³-hybridized carbons (Fsp3) is 0.400. The van der Waals surface area contributed by atoms with Crippen molar-refractivity contribution in [1.82, 2.24) is 16.0 Å². The number of hydrogen-bond donors (Lipinski definition) is 3. The summed E-state index contributed by atoms with van der Waals surface area (Å²) >= 11 is 0. The molecule has 32 heavy (non-hydrogen) atoms. The Hall–Kier alpha value is -3.35. The third kappa shape index (κ3) is 6.57. The molecule has 2 aromatic rings. The van der Waals surface area contributed by atoms with Gasteiger partial charge in [0.15, 0.2) is 0 Å². The van der Waals surface area contributed by atoms with Crippen molar-refractivity contribution in [2.45, 2.75) is 39.2 Å². The summed E-state index contributed by atoms with van der Waals surface area (Å²) in [5.74, 6) is -0.271. The molecule has 0 aromatic heterocycles. The van der Waals surface area contributed by atoms with Crippen LogP contribution in [0.2, 0.25) is 0 Å². The lowest BCUT2D eigenvalue weighted by Gasteiger charge is -2.28. The largest absolute Gasteiger partial charge is 0.360 e. The molecule has 7 nitrogen and oxygen atoms in total. The van der Waals surface area contributed by atoms with E-state index in [4.69, 9.17) is 0 Å². The fourth-order valence-electron chi connectivity index (χ4n) is 3.49. The standard InChI is InChI=1S/C25H32N4O3/c1-25(2,3)20-8-6-19(7-9-20)24(32)27-13-12-22(30)28-16-18-4-10-21(11-5-18)29-15-14-26-23(31)17-29/h4-11H,12-17H2,1-3H3,(H,26,31)(H,27,32)(H,28,30). The van der Waals surface area contributed by atoms with Crippen molar-refractivity contribution < 1.29 is 14.4 Å². The zero-order chi connectivity index (χ0) is 23.1. The molecule has 1 saturated heterocycles. The van der Waals surface area contributed by atoms with E-state index >= 15 is 0 Å². The molecule has 1 aliphatic rings. The maximum Gasteiger partial charge on any atom is 0.251 e. The SMILES string of the molecule is CC(C)(C)c1ccc(C(=O)NCCC(=O)NCc2ccc(N3CCNC(=O)C3)cc2)cc1. The molecular formula is C25H32N4O3. The summed E-state index contributed by atoms with van der Waals surface area (Å²) in [6.45, 7) is 8.88. The van der Waals surface area contributed by atoms with Crippen LogP contribution in [-0.4, -0.2) is 43.9 Å². The first-order chi connectivity index (χ1) is 15.2. The Morgan fingerprint density at radius 1 is 1.00 bits per heavy atom. The van der Waals surface area contributed by atoms with Gasteiger partial charge in [0, 0.05) is 43.9 Å². The third-order valence-electron chi connectivity index (χ3n) is 5.48. The van der Waals surface area contributed by atoms with Gasteiger partial charge in [-0.1, -0.05) is 45.0 Å². The van der Waals surface area contributed by atoms with Gasteiger partial charge in [-0.3, -0.25) is 14.4 Å². The van der Waals surface area contributed by atoms with Crippen molar-refractivity contribution in [3.63, 3.8) is 0 Å². The van der Waals surface area contributed by atoms with E-state index in [0.29, 0.717) is 25.2 Å². The summed E-state index contributed by atoms with van der Waals surface area (Å²) in [6, 6.07) is 15.4. The highest BCUT2D eigenvalue weighted by Gasteiger charge is 2.16. The Morgan fingerprint density at radius 2 is 1.69 bits per heavy atom. The van der Waals surface area contributed by atoms with Crippen LogP contribution in [0, 0.1) is 0 Å². The minimum Gasteiger partial charge on any atom is -0.360 e. The molecule has 0 aliphatic carbocycles. The molecule has 0 spiro atoms. The normalized spacial score (nSPS) is 14.0. The highest BCUT2D eigenvalue weighted by Crippen LogP contribution is 2.22. The molecule has 0 bridgehead atoms. The Bertz CT molecular complexity index is 947. The van der Waals surface area contributed by atoms with Gasteiger partial charge in [-0.05, 0) is 40.8 Å². The minimum atomic E-state index is -0.180. The van der Waals surface area contributed by atoms with Crippen LogP contribution in [0.5, 0.6) is 0 Å². The van der Waals surface area contributed by atoms with Gasteiger partial charge >= 0.3 is 0 Å². The lowest BCUT2D eigenvalue weighted by Crippen LogP contribution is -2.47. The molecule has 3 rings (SSSR count). The molecular weight excluding hydrogens is 404 g/mol. The second-order valence-electron chi connectivity index (χ2n) is 9.05. The molecule has 0 unspecified atom stereocenters. The number of piperazine rings is 1. The van der Waals surface area contributed by atoms with E-state index in [9.17, 15) is 14.4 Å². The summed E-state index contributed by atoms with van der Waals surface area (Å²) in [6.07, 6.45) is 0.215. The number of hydrogen-bond acceptors (Lipinski definition) is 4. The number of carbonyl (C=O) groups excluding carboxylic acids is 3. The van der Waals surface area contributed by atoms with E-state index in [1.165, 1.54) is 5.56 Å². The average Bonchev–Trinajstić information content (AvgIpc) is 2.77. The van der Waals surface area contributed by atoms with Gasteiger partial charge in [0.25, 0.3) is 5.91 Å². The molecule has 7 heteroatoms. The predicted molar refractivity (Wildman–Crippen MR) is 126 cm³/mol. The molecule has 2 aromatic carbocycles. The Kier molecular flexibility index (Phi) is 7.51. The number of carbonyl (C=O) groups is 3. The van der Waals surface area contributed by atoms with Crippen LogP contribution in [0.25, 0.3) is 0 Å². The first-order valence-electron chi connectivity index (χ1n) is 11.0. The van der Waals surface area contributed by atoms with E-state index in [2.05, 4.69) is 36.7 Å². The van der Waals surface area contributed by atoms with Crippen LogP contribution in [0.1, 0.15) is 48.7 Å². The molecule has 0 radical (unpaired) electrons. The molecule has 3 N–H and O–H groups in total. The molecule has 1 fully saturated rings. The van der Waals surface area contributed by atoms with Gasteiger partial charge < -0.3 is 20.9 Å². The number of benzene rings is 2. The van der Waals surface area contributed by atoms with Crippen molar-refractivity contribution in [1.29, 1.82) is 0 Å². The lowest BCUT2D eigenvalue weighted by atomic mass is 9.87. The number of nitrogens with one attached hydrogen (secondary N) is 3. The summed E-state index contributed by atoms with van der Waals surface area (Å²) < 4.78 is 0. The predicted octanol–water partition coefficient (Wildman–Crippen LogP) is 2.36. The Morgan fingerprint density at radius 3 is 2.31 bits per heavy atom. The van der Waals surface area contributed by atoms with E-state index in [1.807, 2.05) is 53.4 Å². The second kappa shape index (κ2) is 10.3. The van der Waals surface area contributed by atoms with E-state index in [-0.39, 0.29) is 36.1 Å². The van der Waals surface area contributed by atoms with E-state index in [1.54, 1.807) is 0 Å². The number of anilines is 1. The van der Waals surface area contributed by atoms with E-state index in [0.717, 1.165) is 17.8 Å². The molecule has 1 aliphatic heterocycles. The molecule has 0 atom stereocenters. The highest BCUT2D eigenvalue weighted by molar-refractivity contribution is 5.94. The minimum absolute atomic E-state index is 0.0293. The quantitative estimate of drug-likeness (QED) is 0.622. The van der Waals surface area contributed by atoms with Gasteiger partial charge in [0.1, 0.15) is 0 Å². The summed E-state index contributed by atoms with van der Waals surface area (Å²) in [5.41, 5.74) is 3.77. The van der Waals surface area contributed by atoms with Gasteiger partial charge in [-0.15, -0.1) is 0 Å². The molecule has 3 amide bonds. The number of nitrogens with zero attached hydrogens (tertiary/aromatic N) is 1. The van der Waals surface area contributed by atoms with Gasteiger partial charge in [-0.25, -0.2) is 0 Å². The van der Waals surface area contributed by atoms with Gasteiger partial charge in [0.2, 0.25) is 11.8 Å². The maximum absolute atomic E-state index is 12.3. The van der Waals surface area contributed by atoms with Crippen LogP contribution in [0.3, 0.4) is 0 Å². The first kappa shape index (κ1) is 23.3.